The van der Waals surface area contributed by atoms with Crippen LogP contribution in [0.15, 0.2) is 59.0 Å². The van der Waals surface area contributed by atoms with Crippen molar-refractivity contribution in [1.29, 1.82) is 0 Å². The lowest BCUT2D eigenvalue weighted by Gasteiger charge is -2.16. The molecule has 3 rings (SSSR count). The summed E-state index contributed by atoms with van der Waals surface area (Å²) in [6.45, 7) is 0. The van der Waals surface area contributed by atoms with Crippen LogP contribution in [0.4, 0.5) is 0 Å². The minimum absolute atomic E-state index is 0.160. The van der Waals surface area contributed by atoms with Crippen LogP contribution < -0.4 is 10.5 Å². The van der Waals surface area contributed by atoms with Crippen LogP contribution in [0, 0.1) is 0 Å². The van der Waals surface area contributed by atoms with Crippen LogP contribution in [0.3, 0.4) is 0 Å². The highest BCUT2D eigenvalue weighted by Gasteiger charge is 2.22. The van der Waals surface area contributed by atoms with Gasteiger partial charge in [-0.1, -0.05) is 30.3 Å². The van der Waals surface area contributed by atoms with Gasteiger partial charge in [-0.25, -0.2) is 0 Å². The summed E-state index contributed by atoms with van der Waals surface area (Å²) in [7, 11) is 1.65. The maximum absolute atomic E-state index is 11.7. The third kappa shape index (κ3) is 3.02. The molecule has 2 aromatic rings. The van der Waals surface area contributed by atoms with Gasteiger partial charge in [0.05, 0.1) is 7.11 Å². The highest BCUT2D eigenvalue weighted by molar-refractivity contribution is 7.99. The Morgan fingerprint density at radius 1 is 1.18 bits per heavy atom. The lowest BCUT2D eigenvalue weighted by atomic mass is 10.0. The van der Waals surface area contributed by atoms with E-state index in [-0.39, 0.29) is 11.2 Å². The van der Waals surface area contributed by atoms with E-state index in [0.717, 1.165) is 16.9 Å². The van der Waals surface area contributed by atoms with Crippen LogP contribution in [0.25, 0.3) is 6.08 Å². The lowest BCUT2D eigenvalue weighted by molar-refractivity contribution is -0.114. The van der Waals surface area contributed by atoms with Gasteiger partial charge >= 0.3 is 0 Å². The molecule has 2 N–H and O–H groups in total. The highest BCUT2D eigenvalue weighted by Crippen LogP contribution is 2.44. The average Bonchev–Trinajstić information content (AvgIpc) is 2.74. The largest absolute Gasteiger partial charge is 0.497 e. The molecule has 1 aliphatic rings. The molecule has 0 saturated carbocycles. The number of carbonyl (C=O) groups is 1. The number of fused-ring (bicyclic) bond motifs is 1. The van der Waals surface area contributed by atoms with Crippen LogP contribution in [0.2, 0.25) is 0 Å². The van der Waals surface area contributed by atoms with Crippen molar-refractivity contribution in [3.8, 4) is 5.75 Å². The van der Waals surface area contributed by atoms with Crippen LogP contribution in [-0.2, 0) is 4.79 Å². The van der Waals surface area contributed by atoms with Gasteiger partial charge in [-0.2, -0.15) is 0 Å². The molecule has 0 radical (unpaired) electrons. The first-order valence-electron chi connectivity index (χ1n) is 7.07. The van der Waals surface area contributed by atoms with E-state index in [1.807, 2.05) is 48.5 Å². The summed E-state index contributed by atoms with van der Waals surface area (Å²) in [5.74, 6) is 0.476. The first kappa shape index (κ1) is 14.7. The van der Waals surface area contributed by atoms with E-state index in [9.17, 15) is 4.79 Å². The number of hydrogen-bond donors (Lipinski definition) is 1. The van der Waals surface area contributed by atoms with Gasteiger partial charge in [-0.3, -0.25) is 4.79 Å². The van der Waals surface area contributed by atoms with Crippen molar-refractivity contribution in [2.75, 3.05) is 7.11 Å². The Hall–Kier alpha value is -2.20. The fourth-order valence-corrected chi connectivity index (χ4v) is 3.81. The van der Waals surface area contributed by atoms with E-state index in [2.05, 4.69) is 6.07 Å². The summed E-state index contributed by atoms with van der Waals surface area (Å²) >= 11 is 1.76. The van der Waals surface area contributed by atoms with Gasteiger partial charge in [0.1, 0.15) is 5.75 Å². The summed E-state index contributed by atoms with van der Waals surface area (Å²) < 4.78 is 5.20. The number of primary amides is 1. The molecule has 0 bridgehead atoms. The standard InChI is InChI=1S/C18H17NO2S/c1-21-15-8-6-12(7-9-15)17-11-14(18(19)20)10-13-4-2-3-5-16(13)22-17/h2-10,17H,11H2,1H3,(H2,19,20). The predicted octanol–water partition coefficient (Wildman–Crippen LogP) is 3.80. The molecule has 112 valence electrons. The molecule has 4 heteroatoms. The molecule has 3 nitrogen and oxygen atoms in total. The van der Waals surface area contributed by atoms with Gasteiger partial charge in [0, 0.05) is 15.7 Å². The highest BCUT2D eigenvalue weighted by atomic mass is 32.2. The summed E-state index contributed by atoms with van der Waals surface area (Å²) in [5.41, 5.74) is 8.42. The third-order valence-electron chi connectivity index (χ3n) is 3.73. The van der Waals surface area contributed by atoms with Crippen molar-refractivity contribution in [3.63, 3.8) is 0 Å². The van der Waals surface area contributed by atoms with Crippen LogP contribution in [-0.4, -0.2) is 13.0 Å². The van der Waals surface area contributed by atoms with E-state index >= 15 is 0 Å². The molecule has 22 heavy (non-hydrogen) atoms. The van der Waals surface area contributed by atoms with E-state index < -0.39 is 0 Å². The number of ether oxygens (including phenoxy) is 1. The second kappa shape index (κ2) is 6.28. The van der Waals surface area contributed by atoms with Crippen molar-refractivity contribution in [2.45, 2.75) is 16.6 Å². The molecule has 1 heterocycles. The zero-order valence-electron chi connectivity index (χ0n) is 12.3. The minimum Gasteiger partial charge on any atom is -0.497 e. The average molecular weight is 311 g/mol. The molecule has 1 aliphatic heterocycles. The van der Waals surface area contributed by atoms with E-state index in [0.29, 0.717) is 12.0 Å². The fraction of sp³-hybridized carbons (Fsp3) is 0.167. The number of nitrogens with two attached hydrogens (primary N) is 1. The van der Waals surface area contributed by atoms with Gasteiger partial charge in [-0.15, -0.1) is 11.8 Å². The SMILES string of the molecule is COc1ccc(C2CC(C(N)=O)=Cc3ccccc3S2)cc1. The number of carbonyl (C=O) groups excluding carboxylic acids is 1. The molecule has 0 aliphatic carbocycles. The Morgan fingerprint density at radius 2 is 1.91 bits per heavy atom. The van der Waals surface area contributed by atoms with Crippen molar-refractivity contribution in [3.05, 3.63) is 65.2 Å². The molecule has 0 spiro atoms. The Morgan fingerprint density at radius 3 is 2.59 bits per heavy atom. The maximum Gasteiger partial charge on any atom is 0.244 e. The summed E-state index contributed by atoms with van der Waals surface area (Å²) in [4.78, 5) is 12.9. The Balaban J connectivity index is 1.99. The Bertz CT molecular complexity index is 722. The smallest absolute Gasteiger partial charge is 0.244 e. The van der Waals surface area contributed by atoms with Crippen LogP contribution in [0.1, 0.15) is 22.8 Å². The van der Waals surface area contributed by atoms with Gasteiger partial charge < -0.3 is 10.5 Å². The molecule has 0 fully saturated rings. The maximum atomic E-state index is 11.7. The molecular weight excluding hydrogens is 294 g/mol. The van der Waals surface area contributed by atoms with Gasteiger partial charge in [0.15, 0.2) is 0 Å². The van der Waals surface area contributed by atoms with E-state index in [1.165, 1.54) is 4.90 Å². The summed E-state index contributed by atoms with van der Waals surface area (Å²) in [6.07, 6.45) is 2.54. The predicted molar refractivity (Wildman–Crippen MR) is 89.8 cm³/mol. The van der Waals surface area contributed by atoms with Crippen molar-refractivity contribution in [1.82, 2.24) is 0 Å². The number of methoxy groups -OCH3 is 1. The first-order valence-corrected chi connectivity index (χ1v) is 7.95. The summed E-state index contributed by atoms with van der Waals surface area (Å²) in [6, 6.07) is 16.1. The number of thioether (sulfide) groups is 1. The Labute approximate surface area is 134 Å². The number of benzene rings is 2. The van der Waals surface area contributed by atoms with Crippen molar-refractivity contribution in [2.24, 2.45) is 5.73 Å². The first-order chi connectivity index (χ1) is 10.7. The number of amides is 1. The fourth-order valence-electron chi connectivity index (χ4n) is 2.52. The normalized spacial score (nSPS) is 17.1. The molecule has 0 aromatic heterocycles. The summed E-state index contributed by atoms with van der Waals surface area (Å²) in [5, 5.41) is 0.160. The molecule has 1 amide bonds. The molecule has 1 atom stereocenters. The molecular formula is C18H17NO2S. The second-order valence-electron chi connectivity index (χ2n) is 5.16. The minimum atomic E-state index is -0.351. The second-order valence-corrected chi connectivity index (χ2v) is 6.40. The number of hydrogen-bond acceptors (Lipinski definition) is 3. The topological polar surface area (TPSA) is 52.3 Å². The molecule has 1 unspecified atom stereocenters. The van der Waals surface area contributed by atoms with Gasteiger partial charge in [-0.05, 0) is 41.8 Å². The third-order valence-corrected chi connectivity index (χ3v) is 5.08. The van der Waals surface area contributed by atoms with Gasteiger partial charge in [0.2, 0.25) is 5.91 Å². The van der Waals surface area contributed by atoms with Crippen molar-refractivity contribution >= 4 is 23.7 Å². The monoisotopic (exact) mass is 311 g/mol. The molecule has 2 aromatic carbocycles. The van der Waals surface area contributed by atoms with E-state index in [1.54, 1.807) is 18.9 Å². The van der Waals surface area contributed by atoms with Crippen LogP contribution >= 0.6 is 11.8 Å². The Kier molecular flexibility index (Phi) is 4.20. The van der Waals surface area contributed by atoms with Crippen molar-refractivity contribution < 1.29 is 9.53 Å². The zero-order chi connectivity index (χ0) is 15.5. The molecule has 0 saturated heterocycles. The number of rotatable bonds is 3. The quantitative estimate of drug-likeness (QED) is 0.938. The van der Waals surface area contributed by atoms with Crippen LogP contribution in [0.5, 0.6) is 5.75 Å². The lowest BCUT2D eigenvalue weighted by Crippen LogP contribution is -2.14. The van der Waals surface area contributed by atoms with E-state index in [4.69, 9.17) is 10.5 Å². The van der Waals surface area contributed by atoms with Gasteiger partial charge in [0.25, 0.3) is 0 Å². The zero-order valence-corrected chi connectivity index (χ0v) is 13.1.